The molecule has 0 atom stereocenters. The van der Waals surface area contributed by atoms with Crippen LogP contribution in [0.15, 0.2) is 54.6 Å². The number of fused-ring (bicyclic) bond motifs is 1. The zero-order valence-electron chi connectivity index (χ0n) is 17.4. The second-order valence-electron chi connectivity index (χ2n) is 7.45. The molecule has 1 aromatic heterocycles. The highest BCUT2D eigenvalue weighted by molar-refractivity contribution is 6.07. The minimum atomic E-state index is -0.402. The number of ether oxygens (including phenoxy) is 1. The molecule has 8 heteroatoms. The van der Waals surface area contributed by atoms with E-state index in [9.17, 15) is 9.59 Å². The van der Waals surface area contributed by atoms with Gasteiger partial charge >= 0.3 is 0 Å². The molecular formula is C23H25N5O3. The SMILES string of the molecule is Cc1ccc(Nc2cc(C(=O)NNC(=O)CN3CCOCC3)c3ccccc3n2)cc1. The molecule has 1 aliphatic heterocycles. The molecule has 31 heavy (non-hydrogen) atoms. The van der Waals surface area contributed by atoms with E-state index in [0.29, 0.717) is 48.6 Å². The molecule has 0 aliphatic carbocycles. The van der Waals surface area contributed by atoms with Gasteiger partial charge in [-0.2, -0.15) is 0 Å². The Balaban J connectivity index is 1.49. The lowest BCUT2D eigenvalue weighted by atomic mass is 10.1. The third-order valence-corrected chi connectivity index (χ3v) is 5.07. The van der Waals surface area contributed by atoms with Gasteiger partial charge < -0.3 is 10.1 Å². The van der Waals surface area contributed by atoms with Gasteiger partial charge in [-0.3, -0.25) is 25.3 Å². The van der Waals surface area contributed by atoms with Crippen LogP contribution in [0.5, 0.6) is 0 Å². The predicted molar refractivity (Wildman–Crippen MR) is 119 cm³/mol. The molecule has 2 aromatic carbocycles. The van der Waals surface area contributed by atoms with Gasteiger partial charge in [0.05, 0.1) is 30.8 Å². The molecule has 8 nitrogen and oxygen atoms in total. The number of morpholine rings is 1. The number of hydrogen-bond donors (Lipinski definition) is 3. The average molecular weight is 419 g/mol. The van der Waals surface area contributed by atoms with Gasteiger partial charge in [-0.05, 0) is 31.2 Å². The summed E-state index contributed by atoms with van der Waals surface area (Å²) in [6.45, 7) is 4.85. The van der Waals surface area contributed by atoms with Crippen molar-refractivity contribution in [2.24, 2.45) is 0 Å². The number of carbonyl (C=O) groups excluding carboxylic acids is 2. The van der Waals surface area contributed by atoms with Gasteiger partial charge in [0, 0.05) is 24.2 Å². The van der Waals surface area contributed by atoms with Crippen molar-refractivity contribution >= 4 is 34.2 Å². The van der Waals surface area contributed by atoms with Crippen molar-refractivity contribution in [1.29, 1.82) is 0 Å². The number of pyridine rings is 1. The fourth-order valence-electron chi connectivity index (χ4n) is 3.41. The van der Waals surface area contributed by atoms with Crippen molar-refractivity contribution in [3.8, 4) is 0 Å². The first-order chi connectivity index (χ1) is 15.1. The number of amides is 2. The Morgan fingerprint density at radius 3 is 2.55 bits per heavy atom. The maximum atomic E-state index is 12.9. The van der Waals surface area contributed by atoms with Crippen molar-refractivity contribution < 1.29 is 14.3 Å². The van der Waals surface area contributed by atoms with E-state index < -0.39 is 5.91 Å². The predicted octanol–water partition coefficient (Wildman–Crippen LogP) is 2.38. The van der Waals surface area contributed by atoms with Gasteiger partial charge in [0.15, 0.2) is 0 Å². The third-order valence-electron chi connectivity index (χ3n) is 5.07. The molecule has 2 heterocycles. The molecule has 0 unspecified atom stereocenters. The fraction of sp³-hybridized carbons (Fsp3) is 0.261. The summed E-state index contributed by atoms with van der Waals surface area (Å²) in [4.78, 5) is 31.7. The summed E-state index contributed by atoms with van der Waals surface area (Å²) in [5.41, 5.74) is 8.17. The molecule has 2 amide bonds. The van der Waals surface area contributed by atoms with Crippen LogP contribution in [0.3, 0.4) is 0 Å². The first-order valence-electron chi connectivity index (χ1n) is 10.2. The highest BCUT2D eigenvalue weighted by Crippen LogP contribution is 2.23. The van der Waals surface area contributed by atoms with Crippen molar-refractivity contribution in [3.63, 3.8) is 0 Å². The molecule has 0 radical (unpaired) electrons. The summed E-state index contributed by atoms with van der Waals surface area (Å²) in [5.74, 6) is -0.125. The van der Waals surface area contributed by atoms with Gasteiger partial charge in [0.2, 0.25) is 0 Å². The lowest BCUT2D eigenvalue weighted by Crippen LogP contribution is -2.48. The second kappa shape index (κ2) is 9.55. The van der Waals surface area contributed by atoms with Gasteiger partial charge in [-0.25, -0.2) is 4.98 Å². The minimum Gasteiger partial charge on any atom is -0.379 e. The lowest BCUT2D eigenvalue weighted by Gasteiger charge is -2.25. The van der Waals surface area contributed by atoms with Gasteiger partial charge in [-0.15, -0.1) is 0 Å². The average Bonchev–Trinajstić information content (AvgIpc) is 2.79. The molecule has 3 N–H and O–H groups in total. The number of aromatic nitrogens is 1. The van der Waals surface area contributed by atoms with E-state index in [1.807, 2.05) is 60.4 Å². The number of anilines is 2. The van der Waals surface area contributed by atoms with Crippen LogP contribution in [0.2, 0.25) is 0 Å². The van der Waals surface area contributed by atoms with Crippen LogP contribution in [0.1, 0.15) is 15.9 Å². The molecule has 1 saturated heterocycles. The molecule has 0 spiro atoms. The highest BCUT2D eigenvalue weighted by Gasteiger charge is 2.17. The lowest BCUT2D eigenvalue weighted by molar-refractivity contribution is -0.124. The van der Waals surface area contributed by atoms with E-state index in [-0.39, 0.29) is 12.5 Å². The van der Waals surface area contributed by atoms with E-state index in [2.05, 4.69) is 21.2 Å². The smallest absolute Gasteiger partial charge is 0.270 e. The van der Waals surface area contributed by atoms with Crippen molar-refractivity contribution in [2.45, 2.75) is 6.92 Å². The number of hydrazine groups is 1. The molecule has 0 saturated carbocycles. The number of nitrogens with one attached hydrogen (secondary N) is 3. The summed E-state index contributed by atoms with van der Waals surface area (Å²) in [7, 11) is 0. The molecule has 160 valence electrons. The maximum absolute atomic E-state index is 12.9. The Bertz CT molecular complexity index is 1080. The fourth-order valence-corrected chi connectivity index (χ4v) is 3.41. The number of nitrogens with zero attached hydrogens (tertiary/aromatic N) is 2. The van der Waals surface area contributed by atoms with Crippen LogP contribution in [0.25, 0.3) is 10.9 Å². The van der Waals surface area contributed by atoms with Crippen LogP contribution in [-0.2, 0) is 9.53 Å². The van der Waals surface area contributed by atoms with Crippen molar-refractivity contribution in [2.75, 3.05) is 38.2 Å². The minimum absolute atomic E-state index is 0.209. The Morgan fingerprint density at radius 1 is 1.03 bits per heavy atom. The second-order valence-corrected chi connectivity index (χ2v) is 7.45. The van der Waals surface area contributed by atoms with E-state index >= 15 is 0 Å². The molecule has 3 aromatic rings. The standard InChI is InChI=1S/C23H25N5O3/c1-16-6-8-17(9-7-16)24-21-14-19(18-4-2-3-5-20(18)25-21)23(30)27-26-22(29)15-28-10-12-31-13-11-28/h2-9,14H,10-13,15H2,1H3,(H,24,25)(H,26,29)(H,27,30). The van der Waals surface area contributed by atoms with Gasteiger partial charge in [0.1, 0.15) is 5.82 Å². The Morgan fingerprint density at radius 2 is 1.77 bits per heavy atom. The maximum Gasteiger partial charge on any atom is 0.270 e. The first kappa shape index (κ1) is 20.8. The topological polar surface area (TPSA) is 95.6 Å². The van der Waals surface area contributed by atoms with Crippen LogP contribution in [0, 0.1) is 6.92 Å². The van der Waals surface area contributed by atoms with Gasteiger partial charge in [0.25, 0.3) is 11.8 Å². The van der Waals surface area contributed by atoms with E-state index in [1.165, 1.54) is 0 Å². The number of aryl methyl sites for hydroxylation is 1. The van der Waals surface area contributed by atoms with E-state index in [4.69, 9.17) is 4.74 Å². The summed E-state index contributed by atoms with van der Waals surface area (Å²) in [6, 6.07) is 17.0. The quantitative estimate of drug-likeness (QED) is 0.550. The van der Waals surface area contributed by atoms with Crippen LogP contribution < -0.4 is 16.2 Å². The van der Waals surface area contributed by atoms with E-state index in [0.717, 1.165) is 11.3 Å². The summed E-state index contributed by atoms with van der Waals surface area (Å²) >= 11 is 0. The molecule has 0 bridgehead atoms. The first-order valence-corrected chi connectivity index (χ1v) is 10.2. The summed E-state index contributed by atoms with van der Waals surface area (Å²) < 4.78 is 5.28. The monoisotopic (exact) mass is 419 g/mol. The number of carbonyl (C=O) groups is 2. The molecule has 1 aliphatic rings. The van der Waals surface area contributed by atoms with Gasteiger partial charge in [-0.1, -0.05) is 35.9 Å². The summed E-state index contributed by atoms with van der Waals surface area (Å²) in [5, 5.41) is 3.95. The zero-order valence-corrected chi connectivity index (χ0v) is 17.4. The number of hydrogen-bond acceptors (Lipinski definition) is 6. The number of benzene rings is 2. The molecule has 1 fully saturated rings. The normalized spacial score (nSPS) is 14.2. The summed E-state index contributed by atoms with van der Waals surface area (Å²) in [6.07, 6.45) is 0. The largest absolute Gasteiger partial charge is 0.379 e. The molecular weight excluding hydrogens is 394 g/mol. The Labute approximate surface area is 180 Å². The van der Waals surface area contributed by atoms with Crippen LogP contribution in [0.4, 0.5) is 11.5 Å². The van der Waals surface area contributed by atoms with Crippen LogP contribution in [-0.4, -0.2) is 54.5 Å². The highest BCUT2D eigenvalue weighted by atomic mass is 16.5. The van der Waals surface area contributed by atoms with Crippen molar-refractivity contribution in [1.82, 2.24) is 20.7 Å². The Kier molecular flexibility index (Phi) is 6.40. The molecule has 4 rings (SSSR count). The third kappa shape index (κ3) is 5.36. The van der Waals surface area contributed by atoms with E-state index in [1.54, 1.807) is 6.07 Å². The van der Waals surface area contributed by atoms with Crippen molar-refractivity contribution in [3.05, 3.63) is 65.7 Å². The number of rotatable bonds is 5. The zero-order chi connectivity index (χ0) is 21.6. The number of para-hydroxylation sites is 1. The Hall–Kier alpha value is -3.49. The van der Waals surface area contributed by atoms with Crippen LogP contribution >= 0.6 is 0 Å².